The van der Waals surface area contributed by atoms with E-state index >= 15 is 0 Å². The molecule has 45 heavy (non-hydrogen) atoms. The van der Waals surface area contributed by atoms with Crippen LogP contribution < -0.4 is 28.4 Å². The van der Waals surface area contributed by atoms with Gasteiger partial charge in [-0.15, -0.1) is 0 Å². The van der Waals surface area contributed by atoms with Crippen LogP contribution in [0.3, 0.4) is 0 Å². The zero-order chi connectivity index (χ0) is 32.8. The molecule has 0 amide bonds. The highest BCUT2D eigenvalue weighted by molar-refractivity contribution is 5.65. The molecule has 0 spiro atoms. The van der Waals surface area contributed by atoms with Gasteiger partial charge in [0.15, 0.2) is 23.0 Å². The van der Waals surface area contributed by atoms with Gasteiger partial charge in [0, 0.05) is 10.5 Å². The molecule has 1 aliphatic heterocycles. The number of hydrogen-bond donors (Lipinski definition) is 1. The number of methoxy groups -OCH3 is 2. The smallest absolute Gasteiger partial charge is 0.248 e. The average molecular weight is 629 g/mol. The summed E-state index contributed by atoms with van der Waals surface area (Å²) in [7, 11) is 3.04. The van der Waals surface area contributed by atoms with Gasteiger partial charge in [-0.25, -0.2) is 0 Å². The molecule has 0 aliphatic carbocycles. The SMILES string of the molecule is CCCCCOc1cc(C(C#N)(CC)CCC(O)C(CC2Oc3ccccc3O2)[N+](=O)[O-])c(OCCCCC)c(OC)c1OC. The summed E-state index contributed by atoms with van der Waals surface area (Å²) in [6.45, 7) is 6.94. The van der Waals surface area contributed by atoms with E-state index in [9.17, 15) is 20.5 Å². The van der Waals surface area contributed by atoms with E-state index in [4.69, 9.17) is 28.4 Å². The highest BCUT2D eigenvalue weighted by atomic mass is 16.7. The van der Waals surface area contributed by atoms with Crippen LogP contribution in [-0.4, -0.2) is 55.9 Å². The molecule has 0 aromatic heterocycles. The molecule has 1 aliphatic rings. The van der Waals surface area contributed by atoms with Gasteiger partial charge in [-0.05, 0) is 50.3 Å². The number of benzene rings is 2. The van der Waals surface area contributed by atoms with Crippen molar-refractivity contribution in [1.82, 2.24) is 0 Å². The molecular formula is C34H48N2O9. The summed E-state index contributed by atoms with van der Waals surface area (Å²) in [6, 6.07) is 9.88. The number of rotatable bonds is 21. The predicted molar refractivity (Wildman–Crippen MR) is 169 cm³/mol. The maximum Gasteiger partial charge on any atom is 0.248 e. The van der Waals surface area contributed by atoms with Gasteiger partial charge in [0.25, 0.3) is 0 Å². The molecule has 0 bridgehead atoms. The molecule has 248 valence electrons. The molecule has 0 saturated heterocycles. The van der Waals surface area contributed by atoms with Crippen LogP contribution in [0.15, 0.2) is 30.3 Å². The molecule has 3 unspecified atom stereocenters. The summed E-state index contributed by atoms with van der Waals surface area (Å²) in [5, 5.41) is 34.0. The number of fused-ring (bicyclic) bond motifs is 1. The summed E-state index contributed by atoms with van der Waals surface area (Å²) in [6.07, 6.45) is 3.68. The Labute approximate surface area is 266 Å². The van der Waals surface area contributed by atoms with Gasteiger partial charge in [0.1, 0.15) is 6.10 Å². The Balaban J connectivity index is 1.93. The molecule has 2 aromatic rings. The van der Waals surface area contributed by atoms with E-state index in [-0.39, 0.29) is 19.3 Å². The van der Waals surface area contributed by atoms with E-state index in [0.717, 1.165) is 38.5 Å². The van der Waals surface area contributed by atoms with Crippen molar-refractivity contribution in [2.45, 2.75) is 109 Å². The summed E-state index contributed by atoms with van der Waals surface area (Å²) in [5.74, 6) is 2.50. The fourth-order valence-electron chi connectivity index (χ4n) is 5.56. The Morgan fingerprint density at radius 3 is 2.09 bits per heavy atom. The van der Waals surface area contributed by atoms with E-state index in [1.54, 1.807) is 30.3 Å². The van der Waals surface area contributed by atoms with E-state index in [0.29, 0.717) is 59.7 Å². The molecule has 0 saturated carbocycles. The normalized spacial score (nSPS) is 15.0. The Morgan fingerprint density at radius 2 is 1.58 bits per heavy atom. The van der Waals surface area contributed by atoms with Gasteiger partial charge in [0.2, 0.25) is 23.8 Å². The third-order valence-electron chi connectivity index (χ3n) is 8.28. The molecule has 11 heteroatoms. The number of aliphatic hydroxyl groups excluding tert-OH is 1. The molecule has 3 atom stereocenters. The van der Waals surface area contributed by atoms with Crippen molar-refractivity contribution in [3.63, 3.8) is 0 Å². The molecule has 1 N–H and O–H groups in total. The number of unbranched alkanes of at least 4 members (excludes halogenated alkanes) is 4. The molecule has 3 rings (SSSR count). The lowest BCUT2D eigenvalue weighted by molar-refractivity contribution is -0.538. The monoisotopic (exact) mass is 628 g/mol. The van der Waals surface area contributed by atoms with Crippen molar-refractivity contribution >= 4 is 0 Å². The van der Waals surface area contributed by atoms with Gasteiger partial charge in [-0.1, -0.05) is 58.6 Å². The molecule has 0 radical (unpaired) electrons. The van der Waals surface area contributed by atoms with Crippen LogP contribution in [-0.2, 0) is 5.41 Å². The first-order valence-electron chi connectivity index (χ1n) is 16.0. The van der Waals surface area contributed by atoms with E-state index < -0.39 is 28.8 Å². The first kappa shape index (κ1) is 35.6. The molecule has 1 heterocycles. The maximum atomic E-state index is 12.1. The van der Waals surface area contributed by atoms with Crippen LogP contribution >= 0.6 is 0 Å². The number of nitriles is 1. The lowest BCUT2D eigenvalue weighted by atomic mass is 9.74. The third kappa shape index (κ3) is 8.85. The minimum Gasteiger partial charge on any atom is -0.490 e. The zero-order valence-electron chi connectivity index (χ0n) is 27.2. The number of hydrogen-bond acceptors (Lipinski definition) is 10. The summed E-state index contributed by atoms with van der Waals surface area (Å²) >= 11 is 0. The van der Waals surface area contributed by atoms with Gasteiger partial charge in [-0.3, -0.25) is 10.1 Å². The quantitative estimate of drug-likeness (QED) is 0.0873. The second-order valence-corrected chi connectivity index (χ2v) is 11.3. The minimum atomic E-state index is -1.37. The standard InChI is InChI=1S/C34H48N2O9/c1-6-9-13-19-42-29-21-24(31(43-20-14-10-7-2)33(41-5)32(29)40-4)34(8-3,23-35)18-17-26(37)25(36(38)39)22-30-44-27-15-11-12-16-28(27)45-30/h11-12,15-16,21,25-26,30,37H,6-10,13-14,17-20,22H2,1-5H3. The largest absolute Gasteiger partial charge is 0.490 e. The fourth-order valence-corrected chi connectivity index (χ4v) is 5.56. The van der Waals surface area contributed by atoms with Crippen LogP contribution in [0.5, 0.6) is 34.5 Å². The summed E-state index contributed by atoms with van der Waals surface area (Å²) in [4.78, 5) is 11.6. The summed E-state index contributed by atoms with van der Waals surface area (Å²) in [5.41, 5.74) is -0.644. The van der Waals surface area contributed by atoms with Gasteiger partial charge in [0.05, 0.1) is 45.3 Å². The number of ether oxygens (including phenoxy) is 6. The highest BCUT2D eigenvalue weighted by Gasteiger charge is 2.42. The van der Waals surface area contributed by atoms with Crippen LogP contribution in [0.25, 0.3) is 0 Å². The van der Waals surface area contributed by atoms with Crippen molar-refractivity contribution in [2.24, 2.45) is 0 Å². The third-order valence-corrected chi connectivity index (χ3v) is 8.28. The lowest BCUT2D eigenvalue weighted by Gasteiger charge is -2.31. The zero-order valence-corrected chi connectivity index (χ0v) is 27.2. The Bertz CT molecular complexity index is 1260. The fraction of sp³-hybridized carbons (Fsp3) is 0.618. The summed E-state index contributed by atoms with van der Waals surface area (Å²) < 4.78 is 35.4. The molecular weight excluding hydrogens is 580 g/mol. The number of nitrogens with zero attached hydrogens (tertiary/aromatic N) is 2. The highest BCUT2D eigenvalue weighted by Crippen LogP contribution is 2.52. The van der Waals surface area contributed by atoms with E-state index in [1.165, 1.54) is 14.2 Å². The van der Waals surface area contributed by atoms with Crippen LogP contribution in [0.1, 0.15) is 90.5 Å². The van der Waals surface area contributed by atoms with Crippen molar-refractivity contribution < 1.29 is 38.5 Å². The van der Waals surface area contributed by atoms with Crippen LogP contribution in [0.2, 0.25) is 0 Å². The Morgan fingerprint density at radius 1 is 0.978 bits per heavy atom. The number of aliphatic hydroxyl groups is 1. The van der Waals surface area contributed by atoms with Crippen molar-refractivity contribution in [3.05, 3.63) is 46.0 Å². The van der Waals surface area contributed by atoms with Gasteiger partial charge < -0.3 is 33.5 Å². The maximum absolute atomic E-state index is 12.1. The first-order chi connectivity index (χ1) is 21.8. The van der Waals surface area contributed by atoms with Gasteiger partial charge >= 0.3 is 0 Å². The topological polar surface area (TPSA) is 143 Å². The van der Waals surface area contributed by atoms with Crippen LogP contribution in [0.4, 0.5) is 0 Å². The average Bonchev–Trinajstić information content (AvgIpc) is 3.47. The molecule has 2 aromatic carbocycles. The van der Waals surface area contributed by atoms with E-state index in [1.807, 2.05) is 6.92 Å². The first-order valence-corrected chi connectivity index (χ1v) is 16.0. The van der Waals surface area contributed by atoms with Crippen molar-refractivity contribution in [1.29, 1.82) is 5.26 Å². The Hall–Kier alpha value is -3.91. The van der Waals surface area contributed by atoms with Crippen LogP contribution in [0, 0.1) is 21.4 Å². The number of nitro groups is 1. The minimum absolute atomic E-state index is 0.0248. The second kappa shape index (κ2) is 17.5. The molecule has 0 fully saturated rings. The predicted octanol–water partition coefficient (Wildman–Crippen LogP) is 6.99. The van der Waals surface area contributed by atoms with Gasteiger partial charge in [-0.2, -0.15) is 5.26 Å². The Kier molecular flexibility index (Phi) is 13.9. The molecule has 11 nitrogen and oxygen atoms in total. The van der Waals surface area contributed by atoms with Crippen molar-refractivity contribution in [3.8, 4) is 40.6 Å². The van der Waals surface area contributed by atoms with Crippen molar-refractivity contribution in [2.75, 3.05) is 27.4 Å². The lowest BCUT2D eigenvalue weighted by Crippen LogP contribution is -2.40. The second-order valence-electron chi connectivity index (χ2n) is 11.3. The number of para-hydroxylation sites is 2. The van der Waals surface area contributed by atoms with E-state index in [2.05, 4.69) is 19.9 Å².